The van der Waals surface area contributed by atoms with Gasteiger partial charge in [0.1, 0.15) is 17.1 Å². The van der Waals surface area contributed by atoms with Crippen molar-refractivity contribution < 1.29 is 18.6 Å². The van der Waals surface area contributed by atoms with Crippen LogP contribution in [-0.2, 0) is 7.05 Å². The van der Waals surface area contributed by atoms with E-state index in [1.54, 1.807) is 60.1 Å². The molecule has 138 valence electrons. The molecule has 0 saturated heterocycles. The van der Waals surface area contributed by atoms with Crippen LogP contribution < -0.4 is 4.74 Å². The molecule has 0 fully saturated rings. The SMILES string of the molecule is C[C@@H](O)CSc1ccc(OC(F)F)c(-c2nn(C)cc2-n2cccn2)c1. The first-order valence-corrected chi connectivity index (χ1v) is 8.86. The fourth-order valence-corrected chi connectivity index (χ4v) is 3.25. The van der Waals surface area contributed by atoms with Crippen molar-refractivity contribution in [2.24, 2.45) is 7.05 Å². The molecule has 3 rings (SSSR count). The summed E-state index contributed by atoms with van der Waals surface area (Å²) < 4.78 is 33.6. The molecule has 2 heterocycles. The summed E-state index contributed by atoms with van der Waals surface area (Å²) in [6, 6.07) is 6.68. The van der Waals surface area contributed by atoms with E-state index in [9.17, 15) is 13.9 Å². The summed E-state index contributed by atoms with van der Waals surface area (Å²) in [6.07, 6.45) is 4.65. The Morgan fingerprint density at radius 3 is 2.81 bits per heavy atom. The van der Waals surface area contributed by atoms with Gasteiger partial charge in [-0.3, -0.25) is 4.68 Å². The molecular formula is C17H18F2N4O2S. The molecule has 1 atom stereocenters. The Labute approximate surface area is 153 Å². The van der Waals surface area contributed by atoms with Crippen LogP contribution in [0, 0.1) is 0 Å². The lowest BCUT2D eigenvalue weighted by atomic mass is 10.1. The number of halogens is 2. The van der Waals surface area contributed by atoms with Gasteiger partial charge in [-0.2, -0.15) is 19.0 Å². The van der Waals surface area contributed by atoms with E-state index in [1.807, 2.05) is 0 Å². The van der Waals surface area contributed by atoms with Crippen molar-refractivity contribution in [1.29, 1.82) is 0 Å². The Balaban J connectivity index is 2.08. The van der Waals surface area contributed by atoms with Crippen LogP contribution >= 0.6 is 11.8 Å². The van der Waals surface area contributed by atoms with Crippen LogP contribution in [0.2, 0.25) is 0 Å². The third-order valence-electron chi connectivity index (χ3n) is 3.47. The van der Waals surface area contributed by atoms with E-state index in [-0.39, 0.29) is 5.75 Å². The lowest BCUT2D eigenvalue weighted by Gasteiger charge is -2.13. The van der Waals surface area contributed by atoms with E-state index < -0.39 is 12.7 Å². The highest BCUT2D eigenvalue weighted by Gasteiger charge is 2.19. The number of hydrogen-bond donors (Lipinski definition) is 1. The topological polar surface area (TPSA) is 65.1 Å². The van der Waals surface area contributed by atoms with Crippen molar-refractivity contribution in [2.75, 3.05) is 5.75 Å². The number of alkyl halides is 2. The Bertz CT molecular complexity index is 866. The van der Waals surface area contributed by atoms with E-state index in [2.05, 4.69) is 10.2 Å². The molecule has 0 aliphatic rings. The molecule has 0 aliphatic heterocycles. The molecule has 0 unspecified atom stereocenters. The van der Waals surface area contributed by atoms with Gasteiger partial charge in [0.15, 0.2) is 0 Å². The normalized spacial score (nSPS) is 12.5. The van der Waals surface area contributed by atoms with Gasteiger partial charge < -0.3 is 9.84 Å². The molecule has 0 spiro atoms. The second-order valence-electron chi connectivity index (χ2n) is 5.68. The highest BCUT2D eigenvalue weighted by atomic mass is 32.2. The lowest BCUT2D eigenvalue weighted by molar-refractivity contribution is -0.0494. The van der Waals surface area contributed by atoms with Crippen LogP contribution in [-0.4, -0.2) is 43.1 Å². The van der Waals surface area contributed by atoms with Crippen molar-refractivity contribution in [3.05, 3.63) is 42.9 Å². The van der Waals surface area contributed by atoms with Gasteiger partial charge in [-0.1, -0.05) is 0 Å². The van der Waals surface area contributed by atoms with Crippen molar-refractivity contribution in [3.63, 3.8) is 0 Å². The molecule has 0 bridgehead atoms. The molecule has 3 aromatic rings. The number of hydrogen-bond acceptors (Lipinski definition) is 5. The van der Waals surface area contributed by atoms with E-state index >= 15 is 0 Å². The molecule has 9 heteroatoms. The number of nitrogens with zero attached hydrogens (tertiary/aromatic N) is 4. The molecule has 0 aliphatic carbocycles. The van der Waals surface area contributed by atoms with E-state index in [0.717, 1.165) is 4.90 Å². The van der Waals surface area contributed by atoms with Crippen LogP contribution in [0.3, 0.4) is 0 Å². The monoisotopic (exact) mass is 380 g/mol. The Morgan fingerprint density at radius 1 is 1.35 bits per heavy atom. The zero-order chi connectivity index (χ0) is 18.7. The summed E-state index contributed by atoms with van der Waals surface area (Å²) in [6.45, 7) is -1.25. The number of aliphatic hydroxyl groups is 1. The molecule has 6 nitrogen and oxygen atoms in total. The zero-order valence-electron chi connectivity index (χ0n) is 14.2. The molecule has 26 heavy (non-hydrogen) atoms. The first kappa shape index (κ1) is 18.4. The second-order valence-corrected chi connectivity index (χ2v) is 6.78. The maximum absolute atomic E-state index is 12.8. The number of aromatic nitrogens is 4. The van der Waals surface area contributed by atoms with Crippen LogP contribution in [0.1, 0.15) is 6.92 Å². The van der Waals surface area contributed by atoms with Gasteiger partial charge >= 0.3 is 6.61 Å². The van der Waals surface area contributed by atoms with Crippen molar-refractivity contribution in [3.8, 4) is 22.7 Å². The van der Waals surface area contributed by atoms with Crippen LogP contribution in [0.15, 0.2) is 47.8 Å². The largest absolute Gasteiger partial charge is 0.434 e. The fraction of sp³-hybridized carbons (Fsp3) is 0.294. The van der Waals surface area contributed by atoms with Gasteiger partial charge in [0.2, 0.25) is 0 Å². The Kier molecular flexibility index (Phi) is 5.58. The summed E-state index contributed by atoms with van der Waals surface area (Å²) in [5.74, 6) is 0.524. The van der Waals surface area contributed by atoms with E-state index in [1.165, 1.54) is 17.8 Å². The smallest absolute Gasteiger partial charge is 0.387 e. The average molecular weight is 380 g/mol. The predicted octanol–water partition coefficient (Wildman–Crippen LogP) is 3.35. The number of ether oxygens (including phenoxy) is 1. The first-order chi connectivity index (χ1) is 12.4. The standard InChI is InChI=1S/C17H18F2N4O2S/c1-11(24)10-26-12-4-5-15(25-17(18)19)13(8-12)16-14(9-22(2)21-16)23-7-3-6-20-23/h3-9,11,17,24H,10H2,1-2H3/t11-/m1/s1. The van der Waals surface area contributed by atoms with Gasteiger partial charge in [-0.15, -0.1) is 11.8 Å². The number of rotatable bonds is 7. The fourth-order valence-electron chi connectivity index (χ4n) is 2.45. The van der Waals surface area contributed by atoms with Crippen molar-refractivity contribution >= 4 is 11.8 Å². The summed E-state index contributed by atoms with van der Waals surface area (Å²) in [5, 5.41) is 18.1. The zero-order valence-corrected chi connectivity index (χ0v) is 15.0. The van der Waals surface area contributed by atoms with Gasteiger partial charge in [-0.25, -0.2) is 4.68 Å². The maximum atomic E-state index is 12.8. The summed E-state index contributed by atoms with van der Waals surface area (Å²) in [4.78, 5) is 0.819. The van der Waals surface area contributed by atoms with Gasteiger partial charge in [0.25, 0.3) is 0 Å². The number of benzene rings is 1. The molecule has 0 amide bonds. The third-order valence-corrected chi connectivity index (χ3v) is 4.71. The minimum absolute atomic E-state index is 0.0357. The quantitative estimate of drug-likeness (QED) is 0.637. The van der Waals surface area contributed by atoms with Crippen molar-refractivity contribution in [2.45, 2.75) is 24.5 Å². The summed E-state index contributed by atoms with van der Waals surface area (Å²) >= 11 is 1.43. The third kappa shape index (κ3) is 4.23. The Morgan fingerprint density at radius 2 is 2.15 bits per heavy atom. The minimum Gasteiger partial charge on any atom is -0.434 e. The minimum atomic E-state index is -2.94. The van der Waals surface area contributed by atoms with Crippen LogP contribution in [0.4, 0.5) is 8.78 Å². The first-order valence-electron chi connectivity index (χ1n) is 7.88. The van der Waals surface area contributed by atoms with Gasteiger partial charge in [0, 0.05) is 35.7 Å². The van der Waals surface area contributed by atoms with Gasteiger partial charge in [-0.05, 0) is 31.2 Å². The molecule has 1 aromatic carbocycles. The van der Waals surface area contributed by atoms with Crippen molar-refractivity contribution in [1.82, 2.24) is 19.6 Å². The lowest BCUT2D eigenvalue weighted by Crippen LogP contribution is -2.05. The number of thioether (sulfide) groups is 1. The molecule has 2 aromatic heterocycles. The molecular weight excluding hydrogens is 362 g/mol. The number of aliphatic hydroxyl groups excluding tert-OH is 1. The summed E-state index contributed by atoms with van der Waals surface area (Å²) in [5.41, 5.74) is 1.56. The maximum Gasteiger partial charge on any atom is 0.387 e. The highest BCUT2D eigenvalue weighted by molar-refractivity contribution is 7.99. The molecule has 0 saturated carbocycles. The second kappa shape index (κ2) is 7.88. The predicted molar refractivity (Wildman–Crippen MR) is 94.8 cm³/mol. The molecule has 0 radical (unpaired) electrons. The Hall–Kier alpha value is -2.39. The van der Waals surface area contributed by atoms with Crippen LogP contribution in [0.5, 0.6) is 5.75 Å². The molecule has 1 N–H and O–H groups in total. The van der Waals surface area contributed by atoms with Gasteiger partial charge in [0.05, 0.1) is 12.3 Å². The van der Waals surface area contributed by atoms with Crippen LogP contribution in [0.25, 0.3) is 16.9 Å². The van der Waals surface area contributed by atoms with E-state index in [4.69, 9.17) is 4.74 Å². The number of aryl methyl sites for hydroxylation is 1. The van der Waals surface area contributed by atoms with E-state index in [0.29, 0.717) is 22.7 Å². The average Bonchev–Trinajstić information content (AvgIpc) is 3.22. The highest BCUT2D eigenvalue weighted by Crippen LogP contribution is 2.37. The summed E-state index contributed by atoms with van der Waals surface area (Å²) in [7, 11) is 1.75.